The van der Waals surface area contributed by atoms with Crippen molar-refractivity contribution in [2.24, 2.45) is 5.73 Å². The largest absolute Gasteiger partial charge is 0.319 e. The van der Waals surface area contributed by atoms with Crippen LogP contribution in [0.5, 0.6) is 0 Å². The van der Waals surface area contributed by atoms with Crippen molar-refractivity contribution >= 4 is 0 Å². The van der Waals surface area contributed by atoms with E-state index in [9.17, 15) is 4.39 Å². The fourth-order valence-electron chi connectivity index (χ4n) is 1.83. The highest BCUT2D eigenvalue weighted by Crippen LogP contribution is 2.21. The third-order valence-electron chi connectivity index (χ3n) is 3.03. The highest BCUT2D eigenvalue weighted by Gasteiger charge is 2.10. The molecule has 1 unspecified atom stereocenters. The van der Waals surface area contributed by atoms with Crippen LogP contribution in [-0.4, -0.2) is 4.98 Å². The average molecular weight is 244 g/mol. The molecule has 2 rings (SSSR count). The molecule has 1 atom stereocenters. The molecule has 0 fully saturated rings. The number of hydrogen-bond acceptors (Lipinski definition) is 2. The van der Waals surface area contributed by atoms with Gasteiger partial charge in [-0.25, -0.2) is 4.39 Å². The lowest BCUT2D eigenvalue weighted by Crippen LogP contribution is -2.13. The quantitative estimate of drug-likeness (QED) is 0.898. The maximum Gasteiger partial charge on any atom is 0.141 e. The molecule has 0 bridgehead atoms. The van der Waals surface area contributed by atoms with Gasteiger partial charge >= 0.3 is 0 Å². The van der Waals surface area contributed by atoms with Crippen molar-refractivity contribution in [2.45, 2.75) is 25.8 Å². The van der Waals surface area contributed by atoms with Crippen LogP contribution in [0.25, 0.3) is 0 Å². The van der Waals surface area contributed by atoms with Crippen LogP contribution in [0.2, 0.25) is 0 Å². The number of hydrogen-bond donors (Lipinski definition) is 1. The van der Waals surface area contributed by atoms with Gasteiger partial charge in [0.15, 0.2) is 0 Å². The van der Waals surface area contributed by atoms with Gasteiger partial charge in [-0.05, 0) is 29.2 Å². The third kappa shape index (κ3) is 2.74. The Morgan fingerprint density at radius 3 is 2.11 bits per heavy atom. The zero-order valence-corrected chi connectivity index (χ0v) is 10.6. The first kappa shape index (κ1) is 12.7. The van der Waals surface area contributed by atoms with Gasteiger partial charge in [0.05, 0.1) is 17.9 Å². The van der Waals surface area contributed by atoms with E-state index in [1.807, 2.05) is 12.1 Å². The zero-order chi connectivity index (χ0) is 13.1. The van der Waals surface area contributed by atoms with E-state index in [0.29, 0.717) is 11.6 Å². The number of rotatable bonds is 3. The smallest absolute Gasteiger partial charge is 0.141 e. The van der Waals surface area contributed by atoms with Crippen LogP contribution in [0.15, 0.2) is 42.6 Å². The van der Waals surface area contributed by atoms with Crippen molar-refractivity contribution in [2.75, 3.05) is 0 Å². The Morgan fingerprint density at radius 1 is 1.00 bits per heavy atom. The lowest BCUT2D eigenvalue weighted by atomic mass is 9.98. The summed E-state index contributed by atoms with van der Waals surface area (Å²) in [6.45, 7) is 4.30. The average Bonchev–Trinajstić information content (AvgIpc) is 2.39. The second-order valence-corrected chi connectivity index (χ2v) is 4.70. The molecule has 0 aliphatic heterocycles. The van der Waals surface area contributed by atoms with E-state index in [-0.39, 0.29) is 11.9 Å². The van der Waals surface area contributed by atoms with E-state index in [4.69, 9.17) is 5.73 Å². The van der Waals surface area contributed by atoms with Crippen LogP contribution in [-0.2, 0) is 0 Å². The molecular formula is C15H17FN2. The first-order valence-corrected chi connectivity index (χ1v) is 6.05. The summed E-state index contributed by atoms with van der Waals surface area (Å²) in [5.74, 6) is 0.153. The van der Waals surface area contributed by atoms with Crippen molar-refractivity contribution in [1.82, 2.24) is 4.98 Å². The van der Waals surface area contributed by atoms with Gasteiger partial charge in [-0.2, -0.15) is 0 Å². The summed E-state index contributed by atoms with van der Waals surface area (Å²) < 4.78 is 12.8. The zero-order valence-electron chi connectivity index (χ0n) is 10.6. The predicted octanol–water partition coefficient (Wildman–Crippen LogP) is 3.39. The Kier molecular flexibility index (Phi) is 3.72. The highest BCUT2D eigenvalue weighted by atomic mass is 19.1. The van der Waals surface area contributed by atoms with E-state index in [1.165, 1.54) is 17.8 Å². The van der Waals surface area contributed by atoms with E-state index in [1.54, 1.807) is 6.07 Å². The number of halogens is 1. The van der Waals surface area contributed by atoms with Crippen LogP contribution < -0.4 is 5.73 Å². The van der Waals surface area contributed by atoms with Crippen molar-refractivity contribution in [3.05, 3.63) is 65.2 Å². The molecule has 18 heavy (non-hydrogen) atoms. The molecule has 1 aromatic carbocycles. The fourth-order valence-corrected chi connectivity index (χ4v) is 1.83. The molecule has 2 nitrogen and oxygen atoms in total. The molecule has 2 N–H and O–H groups in total. The number of pyridine rings is 1. The molecule has 3 heteroatoms. The van der Waals surface area contributed by atoms with E-state index in [2.05, 4.69) is 31.0 Å². The number of aromatic nitrogens is 1. The Labute approximate surface area is 107 Å². The SMILES string of the molecule is CC(C)c1ccc(C(N)c2ccc(F)cn2)cc1. The Balaban J connectivity index is 2.23. The van der Waals surface area contributed by atoms with Gasteiger partial charge in [0.2, 0.25) is 0 Å². The second-order valence-electron chi connectivity index (χ2n) is 4.70. The molecule has 2 aromatic rings. The van der Waals surface area contributed by atoms with Crippen LogP contribution in [0.4, 0.5) is 4.39 Å². The first-order valence-electron chi connectivity index (χ1n) is 6.05. The second kappa shape index (κ2) is 5.27. The summed E-state index contributed by atoms with van der Waals surface area (Å²) >= 11 is 0. The Morgan fingerprint density at radius 2 is 1.61 bits per heavy atom. The van der Waals surface area contributed by atoms with Gasteiger partial charge in [0.25, 0.3) is 0 Å². The minimum Gasteiger partial charge on any atom is -0.319 e. The number of nitrogens with zero attached hydrogens (tertiary/aromatic N) is 1. The minimum absolute atomic E-state index is 0.313. The third-order valence-corrected chi connectivity index (χ3v) is 3.03. The first-order chi connectivity index (χ1) is 8.58. The van der Waals surface area contributed by atoms with E-state index in [0.717, 1.165) is 5.56 Å². The molecule has 0 radical (unpaired) electrons. The summed E-state index contributed by atoms with van der Waals surface area (Å²) in [5, 5.41) is 0. The molecular weight excluding hydrogens is 227 g/mol. The normalized spacial score (nSPS) is 12.7. The summed E-state index contributed by atoms with van der Waals surface area (Å²) in [5.41, 5.74) is 9.04. The van der Waals surface area contributed by atoms with E-state index >= 15 is 0 Å². The lowest BCUT2D eigenvalue weighted by molar-refractivity contribution is 0.617. The summed E-state index contributed by atoms with van der Waals surface area (Å²) in [4.78, 5) is 4.01. The maximum absolute atomic E-state index is 12.8. The topological polar surface area (TPSA) is 38.9 Å². The Bertz CT molecular complexity index is 503. The van der Waals surface area contributed by atoms with Crippen LogP contribution >= 0.6 is 0 Å². The number of benzene rings is 1. The van der Waals surface area contributed by atoms with Crippen molar-refractivity contribution in [3.63, 3.8) is 0 Å². The molecule has 0 aliphatic carbocycles. The number of nitrogens with two attached hydrogens (primary N) is 1. The van der Waals surface area contributed by atoms with Crippen molar-refractivity contribution in [1.29, 1.82) is 0 Å². The van der Waals surface area contributed by atoms with Crippen molar-refractivity contribution < 1.29 is 4.39 Å². The molecule has 0 saturated carbocycles. The monoisotopic (exact) mass is 244 g/mol. The van der Waals surface area contributed by atoms with E-state index < -0.39 is 0 Å². The molecule has 0 saturated heterocycles. The Hall–Kier alpha value is -1.74. The van der Waals surface area contributed by atoms with Gasteiger partial charge in [-0.15, -0.1) is 0 Å². The van der Waals surface area contributed by atoms with Gasteiger partial charge in [-0.1, -0.05) is 38.1 Å². The molecule has 1 heterocycles. The fraction of sp³-hybridized carbons (Fsp3) is 0.267. The standard InChI is InChI=1S/C15H17FN2/c1-10(2)11-3-5-12(6-4-11)15(17)14-8-7-13(16)9-18-14/h3-10,15H,17H2,1-2H3. The summed E-state index contributed by atoms with van der Waals surface area (Å²) in [7, 11) is 0. The van der Waals surface area contributed by atoms with Crippen LogP contribution in [0.1, 0.15) is 42.6 Å². The minimum atomic E-state index is -0.346. The van der Waals surface area contributed by atoms with Crippen molar-refractivity contribution in [3.8, 4) is 0 Å². The predicted molar refractivity (Wildman–Crippen MR) is 70.8 cm³/mol. The summed E-state index contributed by atoms with van der Waals surface area (Å²) in [6.07, 6.45) is 1.19. The lowest BCUT2D eigenvalue weighted by Gasteiger charge is -2.13. The van der Waals surface area contributed by atoms with Gasteiger partial charge in [-0.3, -0.25) is 4.98 Å². The molecule has 0 spiro atoms. The van der Waals surface area contributed by atoms with Gasteiger partial charge in [0, 0.05) is 0 Å². The molecule has 1 aromatic heterocycles. The maximum atomic E-state index is 12.8. The molecule has 94 valence electrons. The van der Waals surface area contributed by atoms with Gasteiger partial charge < -0.3 is 5.73 Å². The molecule has 0 aliphatic rings. The summed E-state index contributed by atoms with van der Waals surface area (Å²) in [6, 6.07) is 10.8. The van der Waals surface area contributed by atoms with Gasteiger partial charge in [0.1, 0.15) is 5.82 Å². The highest BCUT2D eigenvalue weighted by molar-refractivity contribution is 5.31. The van der Waals surface area contributed by atoms with Crippen LogP contribution in [0.3, 0.4) is 0 Å². The van der Waals surface area contributed by atoms with Crippen LogP contribution in [0, 0.1) is 5.82 Å². The molecule has 0 amide bonds.